The van der Waals surface area contributed by atoms with Gasteiger partial charge in [0, 0.05) is 17.9 Å². The third-order valence-corrected chi connectivity index (χ3v) is 3.59. The van der Waals surface area contributed by atoms with Gasteiger partial charge < -0.3 is 9.47 Å². The van der Waals surface area contributed by atoms with Crippen LogP contribution in [-0.2, 0) is 0 Å². The Morgan fingerprint density at radius 3 is 2.78 bits per heavy atom. The second kappa shape index (κ2) is 4.42. The van der Waals surface area contributed by atoms with Gasteiger partial charge in [-0.15, -0.1) is 11.3 Å². The number of rotatable bonds is 2. The van der Waals surface area contributed by atoms with Gasteiger partial charge in [0.05, 0.1) is 5.69 Å². The van der Waals surface area contributed by atoms with Crippen molar-refractivity contribution >= 4 is 17.1 Å². The molecule has 2 heterocycles. The number of fused-ring (bicyclic) bond motifs is 1. The molecule has 2 aromatic rings. The van der Waals surface area contributed by atoms with Gasteiger partial charge >= 0.3 is 0 Å². The van der Waals surface area contributed by atoms with Crippen LogP contribution >= 0.6 is 11.3 Å². The largest absolute Gasteiger partial charge is 0.486 e. The summed E-state index contributed by atoms with van der Waals surface area (Å²) < 4.78 is 11.0. The number of nitrogens with zero attached hydrogens (tertiary/aromatic N) is 1. The molecule has 0 atom stereocenters. The summed E-state index contributed by atoms with van der Waals surface area (Å²) in [6, 6.07) is 5.69. The van der Waals surface area contributed by atoms with Gasteiger partial charge in [-0.3, -0.25) is 4.79 Å². The summed E-state index contributed by atoms with van der Waals surface area (Å²) in [5, 5.41) is 2.40. The van der Waals surface area contributed by atoms with Crippen LogP contribution in [0.25, 0.3) is 11.3 Å². The lowest BCUT2D eigenvalue weighted by molar-refractivity contribution is 0.101. The molecular formula is C13H11NO3S. The summed E-state index contributed by atoms with van der Waals surface area (Å²) in [7, 11) is 0. The van der Waals surface area contributed by atoms with Gasteiger partial charge in [0.1, 0.15) is 13.2 Å². The van der Waals surface area contributed by atoms with Gasteiger partial charge in [0.2, 0.25) is 0 Å². The highest BCUT2D eigenvalue weighted by Crippen LogP contribution is 2.34. The molecule has 0 saturated heterocycles. The molecule has 0 spiro atoms. The predicted octanol–water partition coefficient (Wildman–Crippen LogP) is 2.78. The Morgan fingerprint density at radius 1 is 1.28 bits per heavy atom. The zero-order valence-electron chi connectivity index (χ0n) is 9.80. The average Bonchev–Trinajstić information content (AvgIpc) is 2.88. The number of hydrogen-bond donors (Lipinski definition) is 0. The molecule has 0 amide bonds. The first kappa shape index (κ1) is 11.2. The maximum absolute atomic E-state index is 11.2. The lowest BCUT2D eigenvalue weighted by Crippen LogP contribution is -2.15. The van der Waals surface area contributed by atoms with E-state index in [2.05, 4.69) is 4.98 Å². The van der Waals surface area contributed by atoms with Gasteiger partial charge in [-0.1, -0.05) is 0 Å². The van der Waals surface area contributed by atoms with Gasteiger partial charge in [0.15, 0.2) is 22.3 Å². The van der Waals surface area contributed by atoms with Crippen molar-refractivity contribution in [2.24, 2.45) is 0 Å². The summed E-state index contributed by atoms with van der Waals surface area (Å²) in [5.74, 6) is 1.48. The normalized spacial score (nSPS) is 13.4. The molecular weight excluding hydrogens is 250 g/mol. The number of thiazole rings is 1. The van der Waals surface area contributed by atoms with Crippen LogP contribution in [0.4, 0.5) is 0 Å². The Kier molecular flexibility index (Phi) is 2.76. The third-order valence-electron chi connectivity index (χ3n) is 2.64. The molecule has 92 valence electrons. The molecule has 5 heteroatoms. The van der Waals surface area contributed by atoms with E-state index in [0.717, 1.165) is 22.8 Å². The van der Waals surface area contributed by atoms with E-state index in [1.807, 2.05) is 23.6 Å². The number of carbonyl (C=O) groups excluding carboxylic acids is 1. The number of benzene rings is 1. The number of carbonyl (C=O) groups is 1. The van der Waals surface area contributed by atoms with Crippen molar-refractivity contribution in [3.05, 3.63) is 28.6 Å². The van der Waals surface area contributed by atoms with E-state index in [4.69, 9.17) is 9.47 Å². The van der Waals surface area contributed by atoms with Gasteiger partial charge in [0.25, 0.3) is 0 Å². The van der Waals surface area contributed by atoms with Gasteiger partial charge in [-0.05, 0) is 18.2 Å². The molecule has 1 aromatic heterocycles. The molecule has 0 bridgehead atoms. The van der Waals surface area contributed by atoms with Gasteiger partial charge in [-0.2, -0.15) is 0 Å². The quantitative estimate of drug-likeness (QED) is 0.780. The lowest BCUT2D eigenvalue weighted by Gasteiger charge is -2.18. The summed E-state index contributed by atoms with van der Waals surface area (Å²) in [5.41, 5.74) is 1.73. The van der Waals surface area contributed by atoms with E-state index in [9.17, 15) is 4.79 Å². The van der Waals surface area contributed by atoms with Crippen molar-refractivity contribution in [3.8, 4) is 22.8 Å². The summed E-state index contributed by atoms with van der Waals surface area (Å²) >= 11 is 1.36. The summed E-state index contributed by atoms with van der Waals surface area (Å²) in [6.45, 7) is 2.66. The highest BCUT2D eigenvalue weighted by Gasteiger charge is 2.14. The topological polar surface area (TPSA) is 48.4 Å². The van der Waals surface area contributed by atoms with E-state index < -0.39 is 0 Å². The number of ether oxygens (including phenoxy) is 2. The molecule has 1 aromatic carbocycles. The fraction of sp³-hybridized carbons (Fsp3) is 0.231. The molecule has 1 aliphatic heterocycles. The van der Waals surface area contributed by atoms with Crippen molar-refractivity contribution < 1.29 is 14.3 Å². The van der Waals surface area contributed by atoms with E-state index >= 15 is 0 Å². The second-order valence-corrected chi connectivity index (χ2v) is 4.81. The Bertz CT molecular complexity index is 606. The van der Waals surface area contributed by atoms with Crippen molar-refractivity contribution in [3.63, 3.8) is 0 Å². The first-order valence-electron chi connectivity index (χ1n) is 5.60. The van der Waals surface area contributed by atoms with Crippen LogP contribution in [0.3, 0.4) is 0 Å². The van der Waals surface area contributed by atoms with E-state index in [1.165, 1.54) is 18.3 Å². The fourth-order valence-electron chi connectivity index (χ4n) is 1.77. The summed E-state index contributed by atoms with van der Waals surface area (Å²) in [4.78, 5) is 15.5. The molecule has 0 radical (unpaired) electrons. The van der Waals surface area contributed by atoms with Crippen LogP contribution in [0.1, 0.15) is 16.7 Å². The number of ketones is 1. The molecule has 0 aliphatic carbocycles. The van der Waals surface area contributed by atoms with Gasteiger partial charge in [-0.25, -0.2) is 4.98 Å². The molecule has 1 aliphatic rings. The predicted molar refractivity (Wildman–Crippen MR) is 68.5 cm³/mol. The van der Waals surface area contributed by atoms with Crippen molar-refractivity contribution in [1.29, 1.82) is 0 Å². The Labute approximate surface area is 108 Å². The molecule has 0 unspecified atom stereocenters. The highest BCUT2D eigenvalue weighted by molar-refractivity contribution is 7.12. The Morgan fingerprint density at radius 2 is 2.06 bits per heavy atom. The fourth-order valence-corrected chi connectivity index (χ4v) is 2.50. The minimum Gasteiger partial charge on any atom is -0.486 e. The van der Waals surface area contributed by atoms with Crippen LogP contribution in [-0.4, -0.2) is 24.0 Å². The SMILES string of the molecule is CC(=O)c1nc(-c2ccc3c(c2)OCCO3)cs1. The second-order valence-electron chi connectivity index (χ2n) is 3.95. The smallest absolute Gasteiger partial charge is 0.188 e. The minimum absolute atomic E-state index is 0.0104. The first-order chi connectivity index (χ1) is 8.74. The molecule has 0 fully saturated rings. The van der Waals surface area contributed by atoms with Crippen LogP contribution < -0.4 is 9.47 Å². The zero-order chi connectivity index (χ0) is 12.5. The summed E-state index contributed by atoms with van der Waals surface area (Å²) in [6.07, 6.45) is 0. The van der Waals surface area contributed by atoms with E-state index in [-0.39, 0.29) is 5.78 Å². The standard InChI is InChI=1S/C13H11NO3S/c1-8(15)13-14-10(7-18-13)9-2-3-11-12(6-9)17-5-4-16-11/h2-3,6-7H,4-5H2,1H3. The molecule has 4 nitrogen and oxygen atoms in total. The zero-order valence-corrected chi connectivity index (χ0v) is 10.6. The minimum atomic E-state index is -0.0104. The Hall–Kier alpha value is -1.88. The molecule has 0 saturated carbocycles. The maximum Gasteiger partial charge on any atom is 0.188 e. The number of hydrogen-bond acceptors (Lipinski definition) is 5. The van der Waals surface area contributed by atoms with Crippen LogP contribution in [0, 0.1) is 0 Å². The van der Waals surface area contributed by atoms with Crippen molar-refractivity contribution in [2.75, 3.05) is 13.2 Å². The van der Waals surface area contributed by atoms with Crippen molar-refractivity contribution in [2.45, 2.75) is 6.92 Å². The first-order valence-corrected chi connectivity index (χ1v) is 6.48. The number of Topliss-reactive ketones (excluding diaryl/α,β-unsaturated/α-hetero) is 1. The van der Waals surface area contributed by atoms with Crippen LogP contribution in [0.5, 0.6) is 11.5 Å². The van der Waals surface area contributed by atoms with Crippen LogP contribution in [0.15, 0.2) is 23.6 Å². The third kappa shape index (κ3) is 1.97. The maximum atomic E-state index is 11.2. The average molecular weight is 261 g/mol. The monoisotopic (exact) mass is 261 g/mol. The van der Waals surface area contributed by atoms with Crippen LogP contribution in [0.2, 0.25) is 0 Å². The van der Waals surface area contributed by atoms with Crippen molar-refractivity contribution in [1.82, 2.24) is 4.98 Å². The number of aromatic nitrogens is 1. The molecule has 3 rings (SSSR count). The van der Waals surface area contributed by atoms with E-state index in [1.54, 1.807) is 0 Å². The lowest BCUT2D eigenvalue weighted by atomic mass is 10.1. The molecule has 0 N–H and O–H groups in total. The Balaban J connectivity index is 1.98. The molecule has 18 heavy (non-hydrogen) atoms. The highest BCUT2D eigenvalue weighted by atomic mass is 32.1. The van der Waals surface area contributed by atoms with E-state index in [0.29, 0.717) is 18.2 Å².